The normalized spacial score (nSPS) is 21.5. The van der Waals surface area contributed by atoms with Crippen molar-refractivity contribution in [3.8, 4) is 12.3 Å². The molecule has 3 heterocycles. The number of amides is 2. The van der Waals surface area contributed by atoms with Crippen molar-refractivity contribution < 1.29 is 18.0 Å². The van der Waals surface area contributed by atoms with Crippen molar-refractivity contribution in [2.45, 2.75) is 56.5 Å². The second kappa shape index (κ2) is 9.33. The van der Waals surface area contributed by atoms with Gasteiger partial charge < -0.3 is 14.7 Å². The molecule has 37 heavy (non-hydrogen) atoms. The van der Waals surface area contributed by atoms with Crippen LogP contribution in [0.4, 0.5) is 5.69 Å². The molecule has 2 amide bonds. The number of sulfonamides is 1. The number of fused-ring (bicyclic) bond motifs is 1. The molecule has 2 aromatic rings. The molecule has 0 bridgehead atoms. The zero-order valence-electron chi connectivity index (χ0n) is 21.6. The van der Waals surface area contributed by atoms with Crippen molar-refractivity contribution >= 4 is 38.4 Å². The van der Waals surface area contributed by atoms with Gasteiger partial charge in [-0.15, -0.1) is 6.42 Å². The van der Waals surface area contributed by atoms with E-state index in [2.05, 4.69) is 20.6 Å². The summed E-state index contributed by atoms with van der Waals surface area (Å²) in [6.07, 6.45) is 9.39. The molecular weight excluding hydrogens is 492 g/mol. The summed E-state index contributed by atoms with van der Waals surface area (Å²) in [4.78, 5) is 30.3. The van der Waals surface area contributed by atoms with E-state index in [1.165, 1.54) is 0 Å². The second-order valence-corrected chi connectivity index (χ2v) is 12.6. The molecule has 2 aliphatic heterocycles. The number of benzene rings is 1. The summed E-state index contributed by atoms with van der Waals surface area (Å²) in [7, 11) is -3.76. The zero-order valence-corrected chi connectivity index (χ0v) is 22.4. The van der Waals surface area contributed by atoms with Gasteiger partial charge in [-0.05, 0) is 44.2 Å². The Kier molecular flexibility index (Phi) is 6.44. The lowest BCUT2D eigenvalue weighted by Crippen LogP contribution is -2.50. The number of rotatable bonds is 6. The van der Waals surface area contributed by atoms with Gasteiger partial charge in [0.15, 0.2) is 0 Å². The lowest BCUT2D eigenvalue weighted by Gasteiger charge is -2.37. The molecule has 10 nitrogen and oxygen atoms in total. The lowest BCUT2D eigenvalue weighted by molar-refractivity contribution is -0.134. The molecule has 1 aliphatic carbocycles. The molecule has 3 fully saturated rings. The van der Waals surface area contributed by atoms with E-state index in [4.69, 9.17) is 6.42 Å². The number of aromatic nitrogens is 2. The molecular formula is C26H34N6O4S. The van der Waals surface area contributed by atoms with Crippen molar-refractivity contribution in [3.63, 3.8) is 0 Å². The van der Waals surface area contributed by atoms with Crippen LogP contribution in [0.3, 0.4) is 0 Å². The maximum absolute atomic E-state index is 13.4. The van der Waals surface area contributed by atoms with E-state index in [9.17, 15) is 18.0 Å². The minimum atomic E-state index is -3.76. The van der Waals surface area contributed by atoms with Crippen LogP contribution >= 0.6 is 0 Å². The van der Waals surface area contributed by atoms with Crippen LogP contribution in [-0.4, -0.2) is 84.6 Å². The van der Waals surface area contributed by atoms with Crippen molar-refractivity contribution in [1.29, 1.82) is 0 Å². The highest BCUT2D eigenvalue weighted by molar-refractivity contribution is 7.89. The topological polar surface area (TPSA) is 108 Å². The van der Waals surface area contributed by atoms with Gasteiger partial charge >= 0.3 is 0 Å². The second-order valence-electron chi connectivity index (χ2n) is 10.9. The zero-order chi connectivity index (χ0) is 26.5. The van der Waals surface area contributed by atoms with Crippen LogP contribution in [0.1, 0.15) is 46.1 Å². The molecule has 1 atom stereocenters. The van der Waals surface area contributed by atoms with E-state index in [0.717, 1.165) is 23.9 Å². The molecule has 198 valence electrons. The number of hydrogen-bond donors (Lipinski definition) is 1. The molecule has 0 radical (unpaired) electrons. The van der Waals surface area contributed by atoms with Crippen LogP contribution in [0.25, 0.3) is 10.9 Å². The summed E-state index contributed by atoms with van der Waals surface area (Å²) >= 11 is 0. The molecule has 1 N–H and O–H groups in total. The number of nitrogens with zero attached hydrogens (tertiary/aromatic N) is 5. The van der Waals surface area contributed by atoms with Crippen molar-refractivity contribution in [1.82, 2.24) is 24.3 Å². The fraction of sp³-hybridized carbons (Fsp3) is 0.577. The fourth-order valence-corrected chi connectivity index (χ4v) is 6.74. The number of terminal acetylenes is 1. The molecule has 1 aromatic heterocycles. The van der Waals surface area contributed by atoms with Gasteiger partial charge in [0.1, 0.15) is 0 Å². The van der Waals surface area contributed by atoms with Gasteiger partial charge in [0.2, 0.25) is 15.9 Å². The van der Waals surface area contributed by atoms with Crippen LogP contribution in [0.5, 0.6) is 0 Å². The third-order valence-corrected chi connectivity index (χ3v) is 9.32. The minimum Gasteiger partial charge on any atom is -0.367 e. The minimum absolute atomic E-state index is 0.0628. The number of carbonyl (C=O) groups excluding carboxylic acids is 2. The quantitative estimate of drug-likeness (QED) is 0.573. The maximum atomic E-state index is 13.4. The highest BCUT2D eigenvalue weighted by Crippen LogP contribution is 2.38. The monoisotopic (exact) mass is 526 g/mol. The summed E-state index contributed by atoms with van der Waals surface area (Å²) in [5.41, 5.74) is 1.09. The first-order chi connectivity index (χ1) is 17.5. The number of likely N-dealkylation sites (tertiary alicyclic amines) is 1. The standard InChI is InChI=1S/C26H34N6O4S/c1-5-24(33)31-9-6-19(17-31)32-23-15-20(37(35,36)28-26(4)7-8-26)14-22(21(23)16-27-32)29-10-12-30(13-11-29)25(34)18(2)3/h1,14-16,18-19,28H,6-13,17H2,2-4H3. The third-order valence-electron chi connectivity index (χ3n) is 7.70. The van der Waals surface area contributed by atoms with Gasteiger partial charge in [-0.1, -0.05) is 13.8 Å². The van der Waals surface area contributed by atoms with E-state index in [-0.39, 0.29) is 28.7 Å². The number of piperazine rings is 1. The maximum Gasteiger partial charge on any atom is 0.298 e. The molecule has 0 spiro atoms. The van der Waals surface area contributed by atoms with Crippen LogP contribution in [0, 0.1) is 18.3 Å². The summed E-state index contributed by atoms with van der Waals surface area (Å²) in [5, 5.41) is 5.50. The van der Waals surface area contributed by atoms with Crippen LogP contribution < -0.4 is 9.62 Å². The Morgan fingerprint density at radius 3 is 2.46 bits per heavy atom. The number of anilines is 1. The van der Waals surface area contributed by atoms with Crippen LogP contribution in [-0.2, 0) is 19.6 Å². The van der Waals surface area contributed by atoms with Gasteiger partial charge in [-0.3, -0.25) is 14.3 Å². The molecule has 11 heteroatoms. The number of hydrogen-bond acceptors (Lipinski definition) is 6. The average Bonchev–Trinajstić information content (AvgIpc) is 3.25. The van der Waals surface area contributed by atoms with Gasteiger partial charge in [-0.2, -0.15) is 5.10 Å². The summed E-state index contributed by atoms with van der Waals surface area (Å²) in [6.45, 7) is 9.02. The molecule has 5 rings (SSSR count). The summed E-state index contributed by atoms with van der Waals surface area (Å²) in [5.74, 6) is 1.89. The predicted octanol–water partition coefficient (Wildman–Crippen LogP) is 1.58. The third kappa shape index (κ3) is 4.92. The lowest BCUT2D eigenvalue weighted by atomic mass is 10.1. The van der Waals surface area contributed by atoms with Gasteiger partial charge in [0.05, 0.1) is 22.7 Å². The van der Waals surface area contributed by atoms with E-state index in [1.54, 1.807) is 23.2 Å². The number of nitrogens with one attached hydrogen (secondary N) is 1. The molecule has 3 aliphatic rings. The summed E-state index contributed by atoms with van der Waals surface area (Å²) in [6, 6.07) is 3.31. The Labute approximate surface area is 218 Å². The Morgan fingerprint density at radius 2 is 1.84 bits per heavy atom. The van der Waals surface area contributed by atoms with E-state index in [1.807, 2.05) is 30.4 Å². The summed E-state index contributed by atoms with van der Waals surface area (Å²) < 4.78 is 31.6. The highest BCUT2D eigenvalue weighted by Gasteiger charge is 2.41. The predicted molar refractivity (Wildman–Crippen MR) is 140 cm³/mol. The average molecular weight is 527 g/mol. The van der Waals surface area contributed by atoms with E-state index < -0.39 is 15.6 Å². The van der Waals surface area contributed by atoms with Gasteiger partial charge in [0, 0.05) is 61.8 Å². The molecule has 1 unspecified atom stereocenters. The van der Waals surface area contributed by atoms with E-state index >= 15 is 0 Å². The van der Waals surface area contributed by atoms with Crippen LogP contribution in [0.15, 0.2) is 23.2 Å². The molecule has 1 aromatic carbocycles. The Balaban J connectivity index is 1.52. The van der Waals surface area contributed by atoms with Gasteiger partial charge in [0.25, 0.3) is 5.91 Å². The number of carbonyl (C=O) groups is 2. The first kappa shape index (κ1) is 25.5. The van der Waals surface area contributed by atoms with Crippen molar-refractivity contribution in [3.05, 3.63) is 18.3 Å². The first-order valence-corrected chi connectivity index (χ1v) is 14.3. The Morgan fingerprint density at radius 1 is 1.14 bits per heavy atom. The molecule has 2 saturated heterocycles. The molecule has 1 saturated carbocycles. The fourth-order valence-electron chi connectivity index (χ4n) is 5.23. The van der Waals surface area contributed by atoms with Crippen molar-refractivity contribution in [2.75, 3.05) is 44.2 Å². The van der Waals surface area contributed by atoms with Crippen LogP contribution in [0.2, 0.25) is 0 Å². The largest absolute Gasteiger partial charge is 0.367 e. The smallest absolute Gasteiger partial charge is 0.298 e. The Hall–Kier alpha value is -3.10. The SMILES string of the molecule is C#CC(=O)N1CCC(n2ncc3c(N4CCN(C(=O)C(C)C)CC4)cc(S(=O)(=O)NC4(C)CC4)cc32)C1. The van der Waals surface area contributed by atoms with Crippen molar-refractivity contribution in [2.24, 2.45) is 5.92 Å². The first-order valence-electron chi connectivity index (χ1n) is 12.9. The highest BCUT2D eigenvalue weighted by atomic mass is 32.2. The van der Waals surface area contributed by atoms with Gasteiger partial charge in [-0.25, -0.2) is 13.1 Å². The Bertz CT molecular complexity index is 1380. The van der Waals surface area contributed by atoms with E-state index in [0.29, 0.717) is 51.2 Å².